The molecule has 0 aliphatic rings. The number of unbranched alkanes of at least 4 members (excludes halogenated alkanes) is 1. The molecule has 1 heterocycles. The van der Waals surface area contributed by atoms with Crippen LogP contribution in [0.1, 0.15) is 41.8 Å². The first-order valence-electron chi connectivity index (χ1n) is 4.71. The molecule has 4 nitrogen and oxygen atoms in total. The van der Waals surface area contributed by atoms with Gasteiger partial charge in [0.1, 0.15) is 5.82 Å². The summed E-state index contributed by atoms with van der Waals surface area (Å²) >= 11 is 0. The highest BCUT2D eigenvalue weighted by Gasteiger charge is 2.07. The number of rotatable bonds is 4. The molecule has 0 aromatic carbocycles. The summed E-state index contributed by atoms with van der Waals surface area (Å²) in [7, 11) is 0. The summed E-state index contributed by atoms with van der Waals surface area (Å²) in [5.74, 6) is -0.363. The van der Waals surface area contributed by atoms with Crippen molar-refractivity contribution >= 4 is 5.97 Å². The van der Waals surface area contributed by atoms with E-state index in [9.17, 15) is 4.79 Å². The molecule has 0 fully saturated rings. The van der Waals surface area contributed by atoms with E-state index in [-0.39, 0.29) is 5.69 Å². The van der Waals surface area contributed by atoms with Crippen molar-refractivity contribution in [3.05, 3.63) is 23.3 Å². The van der Waals surface area contributed by atoms with Crippen LogP contribution < -0.4 is 0 Å². The van der Waals surface area contributed by atoms with E-state index in [1.807, 2.05) is 0 Å². The highest BCUT2D eigenvalue weighted by molar-refractivity contribution is 5.85. The minimum atomic E-state index is -0.992. The molecule has 0 radical (unpaired) electrons. The van der Waals surface area contributed by atoms with Crippen LogP contribution in [0.5, 0.6) is 0 Å². The van der Waals surface area contributed by atoms with Crippen LogP contribution in [0.15, 0.2) is 6.07 Å². The second-order valence-electron chi connectivity index (χ2n) is 3.22. The first kappa shape index (κ1) is 10.6. The van der Waals surface area contributed by atoms with Gasteiger partial charge in [-0.05, 0) is 19.4 Å². The Bertz CT molecular complexity index is 337. The molecule has 0 bridgehead atoms. The van der Waals surface area contributed by atoms with Crippen LogP contribution in [0.3, 0.4) is 0 Å². The molecule has 0 atom stereocenters. The Hall–Kier alpha value is -1.45. The van der Waals surface area contributed by atoms with Crippen LogP contribution >= 0.6 is 0 Å². The second kappa shape index (κ2) is 4.69. The summed E-state index contributed by atoms with van der Waals surface area (Å²) in [6.07, 6.45) is 2.79. The van der Waals surface area contributed by atoms with Gasteiger partial charge in [0.2, 0.25) is 0 Å². The Balaban J connectivity index is 2.89. The van der Waals surface area contributed by atoms with Crippen molar-refractivity contribution in [2.24, 2.45) is 0 Å². The van der Waals surface area contributed by atoms with E-state index >= 15 is 0 Å². The largest absolute Gasteiger partial charge is 0.477 e. The van der Waals surface area contributed by atoms with Crippen molar-refractivity contribution < 1.29 is 9.90 Å². The minimum absolute atomic E-state index is 0.0867. The van der Waals surface area contributed by atoms with Crippen LogP contribution in [-0.2, 0) is 6.42 Å². The molecule has 0 spiro atoms. The molecule has 1 N–H and O–H groups in total. The lowest BCUT2D eigenvalue weighted by atomic mass is 10.2. The minimum Gasteiger partial charge on any atom is -0.477 e. The molecule has 0 aliphatic heterocycles. The number of carboxylic acids is 1. The molecule has 1 rings (SSSR count). The number of hydrogen-bond acceptors (Lipinski definition) is 3. The van der Waals surface area contributed by atoms with Crippen molar-refractivity contribution in [3.63, 3.8) is 0 Å². The third-order valence-electron chi connectivity index (χ3n) is 1.87. The molecule has 0 unspecified atom stereocenters. The fourth-order valence-electron chi connectivity index (χ4n) is 1.19. The Labute approximate surface area is 83.0 Å². The lowest BCUT2D eigenvalue weighted by Gasteiger charge is -2.01. The average molecular weight is 194 g/mol. The highest BCUT2D eigenvalue weighted by Crippen LogP contribution is 2.04. The topological polar surface area (TPSA) is 63.1 Å². The number of aromatic carboxylic acids is 1. The number of aryl methyl sites for hydroxylation is 2. The Morgan fingerprint density at radius 3 is 2.79 bits per heavy atom. The van der Waals surface area contributed by atoms with Gasteiger partial charge < -0.3 is 5.11 Å². The van der Waals surface area contributed by atoms with Gasteiger partial charge in [0.25, 0.3) is 0 Å². The quantitative estimate of drug-likeness (QED) is 0.794. The summed E-state index contributed by atoms with van der Waals surface area (Å²) in [5.41, 5.74) is 0.798. The summed E-state index contributed by atoms with van der Waals surface area (Å²) in [6.45, 7) is 3.86. The van der Waals surface area contributed by atoms with Crippen LogP contribution in [0, 0.1) is 6.92 Å². The monoisotopic (exact) mass is 194 g/mol. The summed E-state index contributed by atoms with van der Waals surface area (Å²) < 4.78 is 0. The maximum Gasteiger partial charge on any atom is 0.354 e. The van der Waals surface area contributed by atoms with Gasteiger partial charge in [0, 0.05) is 12.1 Å². The Morgan fingerprint density at radius 2 is 2.21 bits per heavy atom. The molecule has 4 heteroatoms. The van der Waals surface area contributed by atoms with Gasteiger partial charge in [-0.2, -0.15) is 0 Å². The molecule has 0 aliphatic carbocycles. The lowest BCUT2D eigenvalue weighted by Crippen LogP contribution is -2.06. The third-order valence-corrected chi connectivity index (χ3v) is 1.87. The number of hydrogen-bond donors (Lipinski definition) is 1. The Kier molecular flexibility index (Phi) is 3.56. The smallest absolute Gasteiger partial charge is 0.354 e. The predicted octanol–water partition coefficient (Wildman–Crippen LogP) is 1.83. The molecule has 0 amide bonds. The first-order chi connectivity index (χ1) is 6.63. The standard InChI is InChI=1S/C10H14N2O2/c1-3-4-5-9-11-7(2)6-8(12-9)10(13)14/h6H,3-5H2,1-2H3,(H,13,14). The van der Waals surface area contributed by atoms with E-state index in [1.54, 1.807) is 6.92 Å². The van der Waals surface area contributed by atoms with Crippen molar-refractivity contribution in [2.75, 3.05) is 0 Å². The fraction of sp³-hybridized carbons (Fsp3) is 0.500. The van der Waals surface area contributed by atoms with Gasteiger partial charge in [-0.1, -0.05) is 13.3 Å². The Morgan fingerprint density at radius 1 is 1.50 bits per heavy atom. The molecular weight excluding hydrogens is 180 g/mol. The van der Waals surface area contributed by atoms with Gasteiger partial charge in [-0.3, -0.25) is 0 Å². The summed E-state index contributed by atoms with van der Waals surface area (Å²) in [4.78, 5) is 18.8. The predicted molar refractivity (Wildman–Crippen MR) is 52.3 cm³/mol. The van der Waals surface area contributed by atoms with Crippen molar-refractivity contribution in [1.29, 1.82) is 0 Å². The van der Waals surface area contributed by atoms with Crippen molar-refractivity contribution in [3.8, 4) is 0 Å². The van der Waals surface area contributed by atoms with Crippen LogP contribution in [0.25, 0.3) is 0 Å². The summed E-state index contributed by atoms with van der Waals surface area (Å²) in [6, 6.07) is 1.48. The number of aromatic nitrogens is 2. The van der Waals surface area contributed by atoms with E-state index in [0.717, 1.165) is 19.3 Å². The normalized spacial score (nSPS) is 10.1. The number of nitrogens with zero attached hydrogens (tertiary/aromatic N) is 2. The lowest BCUT2D eigenvalue weighted by molar-refractivity contribution is 0.0689. The van der Waals surface area contributed by atoms with Crippen LogP contribution in [0.2, 0.25) is 0 Å². The first-order valence-corrected chi connectivity index (χ1v) is 4.71. The number of carbonyl (C=O) groups is 1. The van der Waals surface area contributed by atoms with E-state index in [2.05, 4.69) is 16.9 Å². The van der Waals surface area contributed by atoms with Gasteiger partial charge in [0.15, 0.2) is 5.69 Å². The van der Waals surface area contributed by atoms with Gasteiger partial charge in [-0.15, -0.1) is 0 Å². The van der Waals surface area contributed by atoms with Crippen LogP contribution in [-0.4, -0.2) is 21.0 Å². The molecule has 1 aromatic rings. The van der Waals surface area contributed by atoms with E-state index in [4.69, 9.17) is 5.11 Å². The van der Waals surface area contributed by atoms with E-state index in [1.165, 1.54) is 6.07 Å². The van der Waals surface area contributed by atoms with Crippen molar-refractivity contribution in [1.82, 2.24) is 9.97 Å². The van der Waals surface area contributed by atoms with Crippen LogP contribution in [0.4, 0.5) is 0 Å². The zero-order chi connectivity index (χ0) is 10.6. The second-order valence-corrected chi connectivity index (χ2v) is 3.22. The SMILES string of the molecule is CCCCc1nc(C)cc(C(=O)O)n1. The molecule has 76 valence electrons. The van der Waals surface area contributed by atoms with E-state index < -0.39 is 5.97 Å². The van der Waals surface area contributed by atoms with E-state index in [0.29, 0.717) is 11.5 Å². The molecule has 14 heavy (non-hydrogen) atoms. The van der Waals surface area contributed by atoms with Gasteiger partial charge in [-0.25, -0.2) is 14.8 Å². The molecule has 0 saturated heterocycles. The highest BCUT2D eigenvalue weighted by atomic mass is 16.4. The van der Waals surface area contributed by atoms with Gasteiger partial charge in [0.05, 0.1) is 0 Å². The number of carboxylic acid groups (broad SMARTS) is 1. The molecule has 0 saturated carbocycles. The third kappa shape index (κ3) is 2.80. The zero-order valence-electron chi connectivity index (χ0n) is 8.45. The van der Waals surface area contributed by atoms with Gasteiger partial charge >= 0.3 is 5.97 Å². The average Bonchev–Trinajstić information content (AvgIpc) is 2.14. The molecular formula is C10H14N2O2. The summed E-state index contributed by atoms with van der Waals surface area (Å²) in [5, 5.41) is 8.77. The maximum absolute atomic E-state index is 10.7. The molecule has 1 aromatic heterocycles. The van der Waals surface area contributed by atoms with Crippen molar-refractivity contribution in [2.45, 2.75) is 33.1 Å². The fourth-order valence-corrected chi connectivity index (χ4v) is 1.19. The maximum atomic E-state index is 10.7. The zero-order valence-corrected chi connectivity index (χ0v) is 8.45.